The van der Waals surface area contributed by atoms with Crippen molar-refractivity contribution in [2.45, 2.75) is 39.8 Å². The summed E-state index contributed by atoms with van der Waals surface area (Å²) in [5.74, 6) is 0.456. The Kier molecular flexibility index (Phi) is 4.45. The second kappa shape index (κ2) is 6.40. The van der Waals surface area contributed by atoms with Crippen molar-refractivity contribution in [1.82, 2.24) is 14.9 Å². The van der Waals surface area contributed by atoms with Crippen LogP contribution in [0, 0.1) is 5.92 Å². The quantitative estimate of drug-likeness (QED) is 0.747. The molecule has 0 aliphatic rings. The zero-order valence-electron chi connectivity index (χ0n) is 14.5. The largest absolute Gasteiger partial charge is 0.346 e. The molecule has 0 aliphatic heterocycles. The Morgan fingerprint density at radius 1 is 1.33 bits per heavy atom. The van der Waals surface area contributed by atoms with E-state index >= 15 is 0 Å². The van der Waals surface area contributed by atoms with Crippen molar-refractivity contribution in [2.75, 3.05) is 0 Å². The number of thiazole rings is 1. The molecule has 0 spiro atoms. The SMILES string of the molecule is CC(C)Cn1cc(C(=O)NC(C)(C)c2nccs2)c2ccccc21. The van der Waals surface area contributed by atoms with Gasteiger partial charge in [0, 0.05) is 35.2 Å². The van der Waals surface area contributed by atoms with Gasteiger partial charge >= 0.3 is 0 Å². The molecule has 0 fully saturated rings. The van der Waals surface area contributed by atoms with E-state index < -0.39 is 5.54 Å². The van der Waals surface area contributed by atoms with E-state index in [1.54, 1.807) is 17.5 Å². The Balaban J connectivity index is 1.95. The van der Waals surface area contributed by atoms with E-state index in [0.717, 1.165) is 28.0 Å². The number of nitrogens with zero attached hydrogens (tertiary/aromatic N) is 2. The molecule has 3 rings (SSSR count). The third-order valence-electron chi connectivity index (χ3n) is 3.99. The second-order valence-electron chi connectivity index (χ2n) is 7.02. The molecule has 4 nitrogen and oxygen atoms in total. The number of fused-ring (bicyclic) bond motifs is 1. The topological polar surface area (TPSA) is 46.9 Å². The highest BCUT2D eigenvalue weighted by molar-refractivity contribution is 7.09. The number of hydrogen-bond acceptors (Lipinski definition) is 3. The van der Waals surface area contributed by atoms with Crippen LogP contribution < -0.4 is 5.32 Å². The van der Waals surface area contributed by atoms with Crippen molar-refractivity contribution in [3.63, 3.8) is 0 Å². The molecule has 24 heavy (non-hydrogen) atoms. The highest BCUT2D eigenvalue weighted by Gasteiger charge is 2.27. The molecule has 0 saturated heterocycles. The molecule has 0 aliphatic carbocycles. The summed E-state index contributed by atoms with van der Waals surface area (Å²) >= 11 is 1.55. The van der Waals surface area contributed by atoms with Gasteiger partial charge in [0.15, 0.2) is 0 Å². The predicted octanol–water partition coefficient (Wildman–Crippen LogP) is 4.42. The van der Waals surface area contributed by atoms with Crippen LogP contribution in [0.1, 0.15) is 43.1 Å². The Bertz CT molecular complexity index is 847. The first-order chi connectivity index (χ1) is 11.4. The van der Waals surface area contributed by atoms with Crippen molar-refractivity contribution in [3.8, 4) is 0 Å². The lowest BCUT2D eigenvalue weighted by Gasteiger charge is -2.23. The van der Waals surface area contributed by atoms with Crippen LogP contribution in [-0.2, 0) is 12.1 Å². The lowest BCUT2D eigenvalue weighted by Crippen LogP contribution is -2.40. The van der Waals surface area contributed by atoms with Gasteiger partial charge in [-0.25, -0.2) is 4.98 Å². The number of amides is 1. The minimum atomic E-state index is -0.494. The van der Waals surface area contributed by atoms with Gasteiger partial charge in [-0.05, 0) is 25.8 Å². The summed E-state index contributed by atoms with van der Waals surface area (Å²) in [6.45, 7) is 9.22. The van der Waals surface area contributed by atoms with Crippen LogP contribution in [0.5, 0.6) is 0 Å². The number of para-hydroxylation sites is 1. The predicted molar refractivity (Wildman–Crippen MR) is 99.4 cm³/mol. The van der Waals surface area contributed by atoms with Gasteiger partial charge in [0.05, 0.1) is 11.1 Å². The summed E-state index contributed by atoms with van der Waals surface area (Å²) in [6.07, 6.45) is 3.74. The fraction of sp³-hybridized carbons (Fsp3) is 0.368. The van der Waals surface area contributed by atoms with Gasteiger partial charge in [-0.1, -0.05) is 32.0 Å². The van der Waals surface area contributed by atoms with E-state index in [1.165, 1.54) is 0 Å². The summed E-state index contributed by atoms with van der Waals surface area (Å²) < 4.78 is 2.17. The number of carbonyl (C=O) groups excluding carboxylic acids is 1. The Morgan fingerprint density at radius 2 is 2.08 bits per heavy atom. The van der Waals surface area contributed by atoms with Gasteiger partial charge in [-0.15, -0.1) is 11.3 Å². The summed E-state index contributed by atoms with van der Waals surface area (Å²) in [7, 11) is 0. The highest BCUT2D eigenvalue weighted by atomic mass is 32.1. The molecule has 5 heteroatoms. The number of hydrogen-bond donors (Lipinski definition) is 1. The number of aromatic nitrogens is 2. The second-order valence-corrected chi connectivity index (χ2v) is 7.92. The number of rotatable bonds is 5. The maximum Gasteiger partial charge on any atom is 0.254 e. The standard InChI is InChI=1S/C19H23N3OS/c1-13(2)11-22-12-15(14-7-5-6-8-16(14)22)17(23)21-19(3,4)18-20-9-10-24-18/h5-10,12-13H,11H2,1-4H3,(H,21,23). The van der Waals surface area contributed by atoms with Crippen molar-refractivity contribution >= 4 is 28.1 Å². The minimum Gasteiger partial charge on any atom is -0.346 e. The summed E-state index contributed by atoms with van der Waals surface area (Å²) in [6, 6.07) is 8.07. The first kappa shape index (κ1) is 16.7. The summed E-state index contributed by atoms with van der Waals surface area (Å²) in [4.78, 5) is 17.3. The Hall–Kier alpha value is -2.14. The molecule has 1 N–H and O–H groups in total. The molecule has 2 aromatic heterocycles. The molecule has 2 heterocycles. The first-order valence-electron chi connectivity index (χ1n) is 8.19. The third-order valence-corrected chi connectivity index (χ3v) is 5.08. The van der Waals surface area contributed by atoms with Gasteiger partial charge in [0.1, 0.15) is 5.01 Å². The maximum atomic E-state index is 12.9. The van der Waals surface area contributed by atoms with Gasteiger partial charge in [-0.2, -0.15) is 0 Å². The van der Waals surface area contributed by atoms with E-state index in [1.807, 2.05) is 43.6 Å². The van der Waals surface area contributed by atoms with Crippen LogP contribution in [0.2, 0.25) is 0 Å². The fourth-order valence-electron chi connectivity index (χ4n) is 2.91. The maximum absolute atomic E-state index is 12.9. The zero-order valence-corrected chi connectivity index (χ0v) is 15.4. The number of carbonyl (C=O) groups is 1. The van der Waals surface area contributed by atoms with Crippen LogP contribution in [0.3, 0.4) is 0 Å². The monoisotopic (exact) mass is 341 g/mol. The third kappa shape index (κ3) is 3.22. The average molecular weight is 341 g/mol. The van der Waals surface area contributed by atoms with Crippen molar-refractivity contribution in [1.29, 1.82) is 0 Å². The van der Waals surface area contributed by atoms with Crippen LogP contribution in [-0.4, -0.2) is 15.5 Å². The van der Waals surface area contributed by atoms with Crippen molar-refractivity contribution in [3.05, 3.63) is 52.6 Å². The van der Waals surface area contributed by atoms with E-state index in [-0.39, 0.29) is 5.91 Å². The van der Waals surface area contributed by atoms with E-state index in [4.69, 9.17) is 0 Å². The molecule has 0 saturated carbocycles. The Labute approximate surface area is 146 Å². The average Bonchev–Trinajstić information content (AvgIpc) is 3.15. The highest BCUT2D eigenvalue weighted by Crippen LogP contribution is 2.26. The van der Waals surface area contributed by atoms with Crippen molar-refractivity contribution in [2.24, 2.45) is 5.92 Å². The van der Waals surface area contributed by atoms with Gasteiger partial charge in [0.25, 0.3) is 5.91 Å². The van der Waals surface area contributed by atoms with Crippen molar-refractivity contribution < 1.29 is 4.79 Å². The van der Waals surface area contributed by atoms with Crippen LogP contribution in [0.15, 0.2) is 42.0 Å². The summed E-state index contributed by atoms with van der Waals surface area (Å²) in [5, 5.41) is 6.95. The molecule has 3 aromatic rings. The molecular formula is C19H23N3OS. The van der Waals surface area contributed by atoms with Gasteiger partial charge < -0.3 is 9.88 Å². The van der Waals surface area contributed by atoms with E-state index in [2.05, 4.69) is 34.8 Å². The normalized spacial score (nSPS) is 12.0. The van der Waals surface area contributed by atoms with E-state index in [0.29, 0.717) is 5.92 Å². The molecule has 0 unspecified atom stereocenters. The lowest BCUT2D eigenvalue weighted by atomic mass is 10.1. The molecule has 1 aromatic carbocycles. The molecule has 0 atom stereocenters. The number of benzene rings is 1. The minimum absolute atomic E-state index is 0.0612. The molecular weight excluding hydrogens is 318 g/mol. The number of nitrogens with one attached hydrogen (secondary N) is 1. The lowest BCUT2D eigenvalue weighted by molar-refractivity contribution is 0.0913. The first-order valence-corrected chi connectivity index (χ1v) is 9.07. The fourth-order valence-corrected chi connectivity index (χ4v) is 3.63. The van der Waals surface area contributed by atoms with E-state index in [9.17, 15) is 4.79 Å². The van der Waals surface area contributed by atoms with Crippen LogP contribution in [0.4, 0.5) is 0 Å². The van der Waals surface area contributed by atoms with Gasteiger partial charge in [0.2, 0.25) is 0 Å². The van der Waals surface area contributed by atoms with Gasteiger partial charge in [-0.3, -0.25) is 4.79 Å². The summed E-state index contributed by atoms with van der Waals surface area (Å²) in [5.41, 5.74) is 1.33. The molecule has 0 radical (unpaired) electrons. The Morgan fingerprint density at radius 3 is 2.75 bits per heavy atom. The zero-order chi connectivity index (χ0) is 17.3. The van der Waals surface area contributed by atoms with Crippen LogP contribution in [0.25, 0.3) is 10.9 Å². The molecule has 126 valence electrons. The molecule has 0 bridgehead atoms. The van der Waals surface area contributed by atoms with Crippen LogP contribution >= 0.6 is 11.3 Å². The smallest absolute Gasteiger partial charge is 0.254 e. The molecule has 1 amide bonds.